The van der Waals surface area contributed by atoms with Gasteiger partial charge >= 0.3 is 11.7 Å². The van der Waals surface area contributed by atoms with Gasteiger partial charge < -0.3 is 15.2 Å². The highest BCUT2D eigenvalue weighted by molar-refractivity contribution is 5.90. The van der Waals surface area contributed by atoms with Gasteiger partial charge in [-0.25, -0.2) is 4.79 Å². The van der Waals surface area contributed by atoms with Gasteiger partial charge in [-0.15, -0.1) is 0 Å². The van der Waals surface area contributed by atoms with Gasteiger partial charge in [-0.2, -0.15) is 5.10 Å². The molecule has 110 valence electrons. The Morgan fingerprint density at radius 3 is 2.75 bits per heavy atom. The van der Waals surface area contributed by atoms with Gasteiger partial charge in [0.15, 0.2) is 0 Å². The number of hydrogen-bond acceptors (Lipinski definition) is 6. The first-order valence-electron chi connectivity index (χ1n) is 5.62. The van der Waals surface area contributed by atoms with Crippen molar-refractivity contribution in [2.24, 2.45) is 0 Å². The van der Waals surface area contributed by atoms with Crippen LogP contribution in [0.15, 0.2) is 6.20 Å². The molecule has 1 heterocycles. The number of aromatic carboxylic acids is 1. The maximum Gasteiger partial charge on any atom is 0.363 e. The molecular weight excluding hydrogens is 272 g/mol. The fourth-order valence-electron chi connectivity index (χ4n) is 1.41. The van der Waals surface area contributed by atoms with Crippen molar-refractivity contribution < 1.29 is 24.4 Å². The van der Waals surface area contributed by atoms with E-state index in [1.165, 1.54) is 14.0 Å². The van der Waals surface area contributed by atoms with E-state index in [1.807, 2.05) is 0 Å². The molecule has 1 aromatic heterocycles. The Kier molecular flexibility index (Phi) is 5.15. The number of aromatic nitrogens is 2. The second-order valence-electron chi connectivity index (χ2n) is 3.87. The summed E-state index contributed by atoms with van der Waals surface area (Å²) in [6.45, 7) is 2.04. The van der Waals surface area contributed by atoms with E-state index < -0.39 is 34.2 Å². The number of carbonyl (C=O) groups is 2. The summed E-state index contributed by atoms with van der Waals surface area (Å²) in [6.07, 6.45) is 0.921. The van der Waals surface area contributed by atoms with Gasteiger partial charge in [-0.05, 0) is 6.92 Å². The minimum atomic E-state index is -1.53. The molecule has 10 nitrogen and oxygen atoms in total. The lowest BCUT2D eigenvalue weighted by Crippen LogP contribution is -2.33. The maximum atomic E-state index is 11.7. The van der Waals surface area contributed by atoms with Gasteiger partial charge in [-0.1, -0.05) is 0 Å². The second-order valence-corrected chi connectivity index (χ2v) is 3.87. The Balaban J connectivity index is 2.90. The molecule has 0 radical (unpaired) electrons. The van der Waals surface area contributed by atoms with Crippen LogP contribution in [-0.2, 0) is 9.53 Å². The monoisotopic (exact) mass is 286 g/mol. The summed E-state index contributed by atoms with van der Waals surface area (Å²) in [5.41, 5.74) is -1.36. The number of amides is 1. The van der Waals surface area contributed by atoms with E-state index >= 15 is 0 Å². The van der Waals surface area contributed by atoms with Crippen molar-refractivity contribution in [3.8, 4) is 0 Å². The first-order valence-corrected chi connectivity index (χ1v) is 5.62. The molecule has 1 atom stereocenters. The molecule has 1 amide bonds. The molecule has 0 aliphatic heterocycles. The zero-order valence-electron chi connectivity index (χ0n) is 10.9. The van der Waals surface area contributed by atoms with Crippen molar-refractivity contribution >= 4 is 17.6 Å². The van der Waals surface area contributed by atoms with Crippen molar-refractivity contribution in [3.05, 3.63) is 22.0 Å². The number of nitrogens with one attached hydrogen (secondary N) is 1. The zero-order chi connectivity index (χ0) is 15.3. The summed E-state index contributed by atoms with van der Waals surface area (Å²) in [4.78, 5) is 32.4. The van der Waals surface area contributed by atoms with E-state index in [1.54, 1.807) is 0 Å². The van der Waals surface area contributed by atoms with Gasteiger partial charge in [0.2, 0.25) is 11.6 Å². The van der Waals surface area contributed by atoms with Crippen LogP contribution in [-0.4, -0.2) is 51.9 Å². The van der Waals surface area contributed by atoms with Crippen LogP contribution < -0.4 is 5.32 Å². The minimum absolute atomic E-state index is 0.273. The first-order chi connectivity index (χ1) is 9.38. The molecule has 0 fully saturated rings. The molecule has 1 rings (SSSR count). The van der Waals surface area contributed by atoms with Crippen LogP contribution in [0.3, 0.4) is 0 Å². The predicted molar refractivity (Wildman–Crippen MR) is 65.4 cm³/mol. The fraction of sp³-hybridized carbons (Fsp3) is 0.500. The molecule has 20 heavy (non-hydrogen) atoms. The number of hydrogen-bond donors (Lipinski definition) is 2. The lowest BCUT2D eigenvalue weighted by Gasteiger charge is -2.11. The minimum Gasteiger partial charge on any atom is -0.476 e. The third kappa shape index (κ3) is 3.51. The molecule has 0 saturated carbocycles. The number of methoxy groups -OCH3 is 1. The van der Waals surface area contributed by atoms with Crippen molar-refractivity contribution in [2.45, 2.75) is 13.0 Å². The Labute approximate surface area is 113 Å². The highest BCUT2D eigenvalue weighted by atomic mass is 16.6. The average Bonchev–Trinajstić information content (AvgIpc) is 2.83. The van der Waals surface area contributed by atoms with E-state index in [2.05, 4.69) is 10.4 Å². The summed E-state index contributed by atoms with van der Waals surface area (Å²) in [6, 6.07) is -0.876. The van der Waals surface area contributed by atoms with Crippen molar-refractivity contribution in [1.29, 1.82) is 0 Å². The van der Waals surface area contributed by atoms with Gasteiger partial charge in [-0.3, -0.25) is 19.6 Å². The van der Waals surface area contributed by atoms with E-state index in [0.29, 0.717) is 6.61 Å². The first kappa shape index (κ1) is 15.6. The lowest BCUT2D eigenvalue weighted by molar-refractivity contribution is -0.385. The van der Waals surface area contributed by atoms with Crippen LogP contribution >= 0.6 is 0 Å². The molecule has 1 unspecified atom stereocenters. The van der Waals surface area contributed by atoms with Crippen LogP contribution in [0.1, 0.15) is 23.5 Å². The lowest BCUT2D eigenvalue weighted by atomic mass is 10.3. The number of rotatable bonds is 7. The van der Waals surface area contributed by atoms with E-state index in [9.17, 15) is 19.7 Å². The Hall–Kier alpha value is -2.49. The van der Waals surface area contributed by atoms with E-state index in [0.717, 1.165) is 10.9 Å². The Bertz CT molecular complexity index is 494. The number of ether oxygens (including phenoxy) is 1. The van der Waals surface area contributed by atoms with E-state index in [-0.39, 0.29) is 6.54 Å². The molecule has 0 bridgehead atoms. The third-order valence-corrected chi connectivity index (χ3v) is 2.49. The smallest absolute Gasteiger partial charge is 0.363 e. The predicted octanol–water partition coefficient (Wildman–Crippen LogP) is -0.187. The third-order valence-electron chi connectivity index (χ3n) is 2.49. The number of carboxylic acid groups (broad SMARTS) is 1. The van der Waals surface area contributed by atoms with Crippen LogP contribution in [0.25, 0.3) is 0 Å². The topological polar surface area (TPSA) is 137 Å². The molecule has 0 saturated heterocycles. The average molecular weight is 286 g/mol. The van der Waals surface area contributed by atoms with E-state index in [4.69, 9.17) is 9.84 Å². The van der Waals surface area contributed by atoms with Crippen LogP contribution in [0, 0.1) is 10.1 Å². The molecule has 1 aromatic rings. The number of carbonyl (C=O) groups excluding carboxylic acids is 1. The second kappa shape index (κ2) is 6.61. The standard InChI is InChI=1S/C10H14N4O6/c1-6(9(15)11-3-4-20-2)13-5-7(14(18)19)8(12-13)10(16)17/h5-6H,3-4H2,1-2H3,(H,11,15)(H,16,17). The molecule has 0 aliphatic carbocycles. The summed E-state index contributed by atoms with van der Waals surface area (Å²) in [5.74, 6) is -1.97. The summed E-state index contributed by atoms with van der Waals surface area (Å²) in [7, 11) is 1.48. The molecule has 10 heteroatoms. The van der Waals surface area contributed by atoms with Crippen LogP contribution in [0.4, 0.5) is 5.69 Å². The fourth-order valence-corrected chi connectivity index (χ4v) is 1.41. The summed E-state index contributed by atoms with van der Waals surface area (Å²) in [5, 5.41) is 25.6. The van der Waals surface area contributed by atoms with Crippen molar-refractivity contribution in [1.82, 2.24) is 15.1 Å². The zero-order valence-corrected chi connectivity index (χ0v) is 10.9. The number of nitrogens with zero attached hydrogens (tertiary/aromatic N) is 3. The van der Waals surface area contributed by atoms with Crippen molar-refractivity contribution in [3.63, 3.8) is 0 Å². The molecular formula is C10H14N4O6. The molecule has 2 N–H and O–H groups in total. The molecule has 0 aromatic carbocycles. The largest absolute Gasteiger partial charge is 0.476 e. The molecule has 0 aliphatic rings. The Morgan fingerprint density at radius 1 is 1.65 bits per heavy atom. The van der Waals surface area contributed by atoms with Crippen LogP contribution in [0.2, 0.25) is 0 Å². The van der Waals surface area contributed by atoms with Gasteiger partial charge in [0, 0.05) is 13.7 Å². The number of carboxylic acids is 1. The summed E-state index contributed by atoms with van der Waals surface area (Å²) >= 11 is 0. The highest BCUT2D eigenvalue weighted by Gasteiger charge is 2.28. The quantitative estimate of drug-likeness (QED) is 0.402. The highest BCUT2D eigenvalue weighted by Crippen LogP contribution is 2.19. The van der Waals surface area contributed by atoms with Crippen LogP contribution in [0.5, 0.6) is 0 Å². The SMILES string of the molecule is COCCNC(=O)C(C)n1cc([N+](=O)[O-])c(C(=O)O)n1. The van der Waals surface area contributed by atoms with Gasteiger partial charge in [0.25, 0.3) is 0 Å². The maximum absolute atomic E-state index is 11.7. The number of nitro groups is 1. The Morgan fingerprint density at radius 2 is 2.30 bits per heavy atom. The summed E-state index contributed by atoms with van der Waals surface area (Å²) < 4.78 is 5.71. The van der Waals surface area contributed by atoms with Crippen molar-refractivity contribution in [2.75, 3.05) is 20.3 Å². The normalized spacial score (nSPS) is 11.9. The van der Waals surface area contributed by atoms with Gasteiger partial charge in [0.1, 0.15) is 12.2 Å². The van der Waals surface area contributed by atoms with Gasteiger partial charge in [0.05, 0.1) is 11.5 Å². The molecule has 0 spiro atoms.